The highest BCUT2D eigenvalue weighted by atomic mass is 16.2. The third-order valence-corrected chi connectivity index (χ3v) is 4.47. The van der Waals surface area contributed by atoms with Gasteiger partial charge in [-0.1, -0.05) is 42.5 Å². The normalized spacial score (nSPS) is 16.4. The fourth-order valence-electron chi connectivity index (χ4n) is 3.27. The number of rotatable bonds is 3. The van der Waals surface area contributed by atoms with E-state index in [0.717, 1.165) is 16.8 Å². The third-order valence-electron chi connectivity index (χ3n) is 4.47. The smallest absolute Gasteiger partial charge is 0.250 e. The molecular weight excluding hydrogens is 312 g/mol. The van der Waals surface area contributed by atoms with Gasteiger partial charge in [-0.25, -0.2) is 4.98 Å². The molecule has 0 fully saturated rings. The van der Waals surface area contributed by atoms with E-state index in [1.165, 1.54) is 0 Å². The molecule has 0 N–H and O–H groups in total. The molecule has 1 aliphatic heterocycles. The van der Waals surface area contributed by atoms with Crippen molar-refractivity contribution in [1.82, 2.24) is 14.5 Å². The SMILES string of the molecule is N#Cc1cccc(C2C(=O)N(Cc3ccccc3)Cc3cncn32)c1. The van der Waals surface area contributed by atoms with Gasteiger partial charge in [0.15, 0.2) is 0 Å². The van der Waals surface area contributed by atoms with Crippen molar-refractivity contribution < 1.29 is 4.79 Å². The molecule has 0 bridgehead atoms. The fraction of sp³-hybridized carbons (Fsp3) is 0.150. The van der Waals surface area contributed by atoms with Gasteiger partial charge in [-0.3, -0.25) is 4.79 Å². The first-order chi connectivity index (χ1) is 12.3. The predicted octanol–water partition coefficient (Wildman–Crippen LogP) is 2.89. The van der Waals surface area contributed by atoms with Crippen molar-refractivity contribution in [1.29, 1.82) is 5.26 Å². The number of carbonyl (C=O) groups is 1. The van der Waals surface area contributed by atoms with Gasteiger partial charge in [0.1, 0.15) is 6.04 Å². The maximum absolute atomic E-state index is 13.2. The van der Waals surface area contributed by atoms with E-state index in [2.05, 4.69) is 11.1 Å². The van der Waals surface area contributed by atoms with Crippen molar-refractivity contribution in [3.05, 3.63) is 89.5 Å². The van der Waals surface area contributed by atoms with Crippen LogP contribution in [0.15, 0.2) is 67.1 Å². The van der Waals surface area contributed by atoms with Crippen molar-refractivity contribution in [3.8, 4) is 6.07 Å². The van der Waals surface area contributed by atoms with E-state index in [-0.39, 0.29) is 5.91 Å². The van der Waals surface area contributed by atoms with E-state index >= 15 is 0 Å². The van der Waals surface area contributed by atoms with Crippen LogP contribution in [0.2, 0.25) is 0 Å². The lowest BCUT2D eigenvalue weighted by molar-refractivity contribution is -0.136. The summed E-state index contributed by atoms with van der Waals surface area (Å²) in [5.74, 6) is 0.0180. The Morgan fingerprint density at radius 3 is 2.80 bits per heavy atom. The lowest BCUT2D eigenvalue weighted by Crippen LogP contribution is -2.42. The first kappa shape index (κ1) is 15.2. The molecule has 0 radical (unpaired) electrons. The van der Waals surface area contributed by atoms with Crippen molar-refractivity contribution in [2.75, 3.05) is 0 Å². The molecule has 1 unspecified atom stereocenters. The second-order valence-electron chi connectivity index (χ2n) is 6.11. The third kappa shape index (κ3) is 2.79. The monoisotopic (exact) mass is 328 g/mol. The number of carbonyl (C=O) groups excluding carboxylic acids is 1. The quantitative estimate of drug-likeness (QED) is 0.743. The second kappa shape index (κ2) is 6.25. The molecule has 5 heteroatoms. The van der Waals surface area contributed by atoms with E-state index in [1.807, 2.05) is 51.9 Å². The lowest BCUT2D eigenvalue weighted by Gasteiger charge is -2.34. The van der Waals surface area contributed by atoms with Crippen molar-refractivity contribution in [2.24, 2.45) is 0 Å². The van der Waals surface area contributed by atoms with Crippen LogP contribution < -0.4 is 0 Å². The summed E-state index contributed by atoms with van der Waals surface area (Å²) in [6.45, 7) is 1.08. The van der Waals surface area contributed by atoms with Crippen LogP contribution in [0.3, 0.4) is 0 Å². The number of amides is 1. The molecule has 25 heavy (non-hydrogen) atoms. The minimum absolute atomic E-state index is 0.0180. The zero-order valence-corrected chi connectivity index (χ0v) is 13.5. The van der Waals surface area contributed by atoms with Crippen LogP contribution in [0.1, 0.15) is 28.4 Å². The van der Waals surface area contributed by atoms with Crippen LogP contribution in [-0.4, -0.2) is 20.4 Å². The summed E-state index contributed by atoms with van der Waals surface area (Å²) in [4.78, 5) is 19.2. The van der Waals surface area contributed by atoms with Crippen molar-refractivity contribution >= 4 is 5.91 Å². The maximum atomic E-state index is 13.2. The molecule has 1 amide bonds. The topological polar surface area (TPSA) is 61.9 Å². The van der Waals surface area contributed by atoms with E-state index in [4.69, 9.17) is 5.26 Å². The van der Waals surface area contributed by atoms with Crippen LogP contribution in [0.4, 0.5) is 0 Å². The number of hydrogen-bond acceptors (Lipinski definition) is 3. The van der Waals surface area contributed by atoms with E-state index in [9.17, 15) is 4.79 Å². The standard InChI is InChI=1S/C20H16N4O/c21-10-16-7-4-8-17(9-16)19-20(25)23(12-15-5-2-1-3-6-15)13-18-11-22-14-24(18)19/h1-9,11,14,19H,12-13H2. The van der Waals surface area contributed by atoms with Gasteiger partial charge in [0.05, 0.1) is 30.2 Å². The zero-order chi connectivity index (χ0) is 17.2. The van der Waals surface area contributed by atoms with Gasteiger partial charge in [0.25, 0.3) is 5.91 Å². The largest absolute Gasteiger partial charge is 0.330 e. The number of aromatic nitrogens is 2. The summed E-state index contributed by atoms with van der Waals surface area (Å²) < 4.78 is 1.90. The highest BCUT2D eigenvalue weighted by molar-refractivity contribution is 5.85. The minimum Gasteiger partial charge on any atom is -0.330 e. The maximum Gasteiger partial charge on any atom is 0.250 e. The Labute approximate surface area is 145 Å². The van der Waals surface area contributed by atoms with Crippen LogP contribution >= 0.6 is 0 Å². The molecule has 1 aromatic heterocycles. The van der Waals surface area contributed by atoms with Gasteiger partial charge in [-0.15, -0.1) is 0 Å². The Hall–Kier alpha value is -3.39. The first-order valence-electron chi connectivity index (χ1n) is 8.10. The average Bonchev–Trinajstić information content (AvgIpc) is 3.11. The van der Waals surface area contributed by atoms with Crippen molar-refractivity contribution in [2.45, 2.75) is 19.1 Å². The molecule has 0 saturated heterocycles. The first-order valence-corrected chi connectivity index (χ1v) is 8.10. The number of nitrogens with zero attached hydrogens (tertiary/aromatic N) is 4. The summed E-state index contributed by atoms with van der Waals surface area (Å²) in [7, 11) is 0. The Balaban J connectivity index is 1.73. The van der Waals surface area contributed by atoms with Gasteiger partial charge in [0, 0.05) is 12.7 Å². The Morgan fingerprint density at radius 1 is 1.16 bits per heavy atom. The zero-order valence-electron chi connectivity index (χ0n) is 13.5. The number of hydrogen-bond donors (Lipinski definition) is 0. The summed E-state index contributed by atoms with van der Waals surface area (Å²) in [5.41, 5.74) is 3.43. The average molecular weight is 328 g/mol. The predicted molar refractivity (Wildman–Crippen MR) is 92.2 cm³/mol. The van der Waals surface area contributed by atoms with Gasteiger partial charge >= 0.3 is 0 Å². The molecule has 3 aromatic rings. The molecule has 4 rings (SSSR count). The van der Waals surface area contributed by atoms with Crippen LogP contribution in [-0.2, 0) is 17.9 Å². The molecule has 2 aromatic carbocycles. The highest BCUT2D eigenvalue weighted by Gasteiger charge is 2.34. The molecule has 5 nitrogen and oxygen atoms in total. The molecule has 0 spiro atoms. The van der Waals surface area contributed by atoms with E-state index in [0.29, 0.717) is 18.7 Å². The number of nitriles is 1. The van der Waals surface area contributed by atoms with E-state index < -0.39 is 6.04 Å². The molecule has 1 atom stereocenters. The van der Waals surface area contributed by atoms with Crippen LogP contribution in [0, 0.1) is 11.3 Å². The summed E-state index contributed by atoms with van der Waals surface area (Å²) in [6.07, 6.45) is 3.49. The molecule has 2 heterocycles. The fourth-order valence-corrected chi connectivity index (χ4v) is 3.27. The summed E-state index contributed by atoms with van der Waals surface area (Å²) in [5, 5.41) is 9.16. The molecule has 0 saturated carbocycles. The number of benzene rings is 2. The Morgan fingerprint density at radius 2 is 2.00 bits per heavy atom. The Bertz CT molecular complexity index is 955. The molecule has 1 aliphatic rings. The Kier molecular flexibility index (Phi) is 3.79. The minimum atomic E-state index is -0.483. The van der Waals surface area contributed by atoms with E-state index in [1.54, 1.807) is 24.7 Å². The molecular formula is C20H16N4O. The summed E-state index contributed by atoms with van der Waals surface area (Å²) >= 11 is 0. The van der Waals surface area contributed by atoms with Crippen LogP contribution in [0.5, 0.6) is 0 Å². The number of imidazole rings is 1. The van der Waals surface area contributed by atoms with Crippen LogP contribution in [0.25, 0.3) is 0 Å². The highest BCUT2D eigenvalue weighted by Crippen LogP contribution is 2.29. The second-order valence-corrected chi connectivity index (χ2v) is 6.11. The lowest BCUT2D eigenvalue weighted by atomic mass is 10.0. The van der Waals surface area contributed by atoms with Gasteiger partial charge in [0.2, 0.25) is 0 Å². The van der Waals surface area contributed by atoms with Gasteiger partial charge < -0.3 is 9.47 Å². The summed E-state index contributed by atoms with van der Waals surface area (Å²) in [6, 6.07) is 18.8. The number of fused-ring (bicyclic) bond motifs is 1. The molecule has 122 valence electrons. The van der Waals surface area contributed by atoms with Gasteiger partial charge in [-0.2, -0.15) is 5.26 Å². The molecule has 0 aliphatic carbocycles. The van der Waals surface area contributed by atoms with Crippen molar-refractivity contribution in [3.63, 3.8) is 0 Å². The van der Waals surface area contributed by atoms with Gasteiger partial charge in [-0.05, 0) is 23.3 Å².